The molecule has 15 atom stereocenters. The van der Waals surface area contributed by atoms with Gasteiger partial charge in [0.15, 0.2) is 5.78 Å². The Morgan fingerprint density at radius 2 is 1.53 bits per heavy atom. The molecule has 5 rings (SSSR count). The number of nitrogens with zero attached hydrogens (tertiary/aromatic N) is 1. The fraction of sp³-hybridized carbons (Fsp3) is 0.678. The topological polar surface area (TPSA) is 205 Å². The zero-order valence-corrected chi connectivity index (χ0v) is 45.7. The maximum Gasteiger partial charge on any atom is 0.329 e. The van der Waals surface area contributed by atoms with Crippen LogP contribution in [-0.2, 0) is 65.6 Å². The van der Waals surface area contributed by atoms with Crippen molar-refractivity contribution in [1.82, 2.24) is 4.90 Å². The normalized spacial score (nSPS) is 36.9. The summed E-state index contributed by atoms with van der Waals surface area (Å²) >= 11 is 0. The van der Waals surface area contributed by atoms with Gasteiger partial charge in [-0.25, -0.2) is 4.79 Å². The molecule has 3 N–H and O–H groups in total. The van der Waals surface area contributed by atoms with Gasteiger partial charge in [0.1, 0.15) is 30.1 Å². The van der Waals surface area contributed by atoms with Gasteiger partial charge in [0.2, 0.25) is 5.79 Å². The van der Waals surface area contributed by atoms with E-state index in [1.54, 1.807) is 41.1 Å². The van der Waals surface area contributed by atoms with Gasteiger partial charge < -0.3 is 48.6 Å². The number of carbonyl (C=O) groups is 5. The molecule has 74 heavy (non-hydrogen) atoms. The van der Waals surface area contributed by atoms with Crippen molar-refractivity contribution in [3.8, 4) is 0 Å². The van der Waals surface area contributed by atoms with Crippen LogP contribution in [0.25, 0.3) is 0 Å². The Bertz CT molecular complexity index is 2150. The first kappa shape index (κ1) is 60.7. The number of allylic oxidation sites excluding steroid dienone is 6. The van der Waals surface area contributed by atoms with Crippen LogP contribution in [0.1, 0.15) is 137 Å². The maximum atomic E-state index is 14.6. The molecule has 3 heterocycles. The highest BCUT2D eigenvalue weighted by Gasteiger charge is 2.53. The molecule has 0 radical (unpaired) electrons. The number of hydrogen-bond acceptors (Lipinski definition) is 14. The summed E-state index contributed by atoms with van der Waals surface area (Å²) in [6.07, 6.45) is 12.0. The molecule has 1 aromatic rings. The van der Waals surface area contributed by atoms with E-state index in [9.17, 15) is 39.3 Å². The van der Waals surface area contributed by atoms with Crippen LogP contribution in [0.4, 0.5) is 0 Å². The highest BCUT2D eigenvalue weighted by Crippen LogP contribution is 2.38. The van der Waals surface area contributed by atoms with Gasteiger partial charge in [-0.1, -0.05) is 95.3 Å². The Morgan fingerprint density at radius 1 is 0.811 bits per heavy atom. The predicted molar refractivity (Wildman–Crippen MR) is 280 cm³/mol. The first-order valence-electron chi connectivity index (χ1n) is 27.0. The molecule has 1 aliphatic carbocycles. The predicted octanol–water partition coefficient (Wildman–Crippen LogP) is 7.90. The standard InChI is InChI=1S/C59H87NO14/c1-36-16-12-11-13-17-37(2)50(69-8)32-46-25-19-42(7)59(68,74-46)56(65)57(66)60-27-15-14-18-47(60)58(67)73-51(33-48(62)38(3)29-41(6)54(64)55(71-10)53(63)40(5)28-36)39(4)30-45-24-26-49(52(31-45)70-9)72-35-44-22-20-43(34-61)21-23-44/h11-13,16-17,20-23,29,36,38-40,42,45-47,49-52,54-55,61,64,68H,14-15,18-19,24-28,30-35H2,1-10H3/b13-11+,16-12+,37-17+,41-29+/t36-,38-,39-,40-,42-,45-,46+,47+,49-,50+,51+,52-,54-,55+,59-/m1/s1. The van der Waals surface area contributed by atoms with Gasteiger partial charge in [0.05, 0.1) is 37.6 Å². The number of benzene rings is 1. The van der Waals surface area contributed by atoms with E-state index in [-0.39, 0.29) is 67.5 Å². The van der Waals surface area contributed by atoms with Crippen LogP contribution >= 0.6 is 0 Å². The van der Waals surface area contributed by atoms with Gasteiger partial charge in [0.25, 0.3) is 11.7 Å². The number of cyclic esters (lactones) is 1. The van der Waals surface area contributed by atoms with Crippen molar-refractivity contribution in [1.29, 1.82) is 0 Å². The number of ketones is 3. The van der Waals surface area contributed by atoms with Crippen molar-refractivity contribution in [2.24, 2.45) is 35.5 Å². The molecule has 1 aromatic carbocycles. The van der Waals surface area contributed by atoms with Gasteiger partial charge in [-0.15, -0.1) is 0 Å². The van der Waals surface area contributed by atoms with Crippen LogP contribution in [0, 0.1) is 35.5 Å². The van der Waals surface area contributed by atoms with E-state index in [1.165, 1.54) is 12.0 Å². The minimum atomic E-state index is -2.44. The summed E-state index contributed by atoms with van der Waals surface area (Å²) in [7, 11) is 4.63. The molecule has 2 saturated heterocycles. The fourth-order valence-electron chi connectivity index (χ4n) is 11.2. The Hall–Kier alpha value is -4.19. The summed E-state index contributed by atoms with van der Waals surface area (Å²) in [5.41, 5.74) is 3.07. The molecule has 15 heteroatoms. The SMILES string of the molecule is CO[C@H]1C[C@@H]2CC[C@@H](C)[C@@](O)(O2)C(=O)C(=O)N2CCCC[C@H]2C(=O)O[C@H]([C@H](C)C[C@H]2CC[C@@H](OCc3ccc(CO)cc3)[C@H](OC)C2)CC(=O)[C@H](C)/C=C(\C)[C@@H](O)[C@@H](OC)C(=O)[C@H](C)C[C@H](C)/C=C/C=C/C=C/1C. The lowest BCUT2D eigenvalue weighted by molar-refractivity contribution is -0.265. The summed E-state index contributed by atoms with van der Waals surface area (Å²) in [5, 5.41) is 33.0. The molecule has 412 valence electrons. The number of Topliss-reactive ketones (excluding diaryl/α,β-unsaturated/α-hetero) is 3. The van der Waals surface area contributed by atoms with Crippen LogP contribution < -0.4 is 0 Å². The van der Waals surface area contributed by atoms with E-state index in [0.717, 1.165) is 29.5 Å². The number of aliphatic hydroxyl groups excluding tert-OH is 2. The summed E-state index contributed by atoms with van der Waals surface area (Å²) < 4.78 is 36.4. The van der Waals surface area contributed by atoms with Gasteiger partial charge in [-0.3, -0.25) is 19.2 Å². The highest BCUT2D eigenvalue weighted by atomic mass is 16.6. The molecular formula is C59H87NO14. The number of fused-ring (bicyclic) bond motifs is 3. The van der Waals surface area contributed by atoms with Gasteiger partial charge in [-0.05, 0) is 118 Å². The van der Waals surface area contributed by atoms with E-state index in [0.29, 0.717) is 63.5 Å². The average Bonchev–Trinajstić information content (AvgIpc) is 3.39. The largest absolute Gasteiger partial charge is 0.460 e. The van der Waals surface area contributed by atoms with Gasteiger partial charge in [-0.2, -0.15) is 0 Å². The number of piperidine rings is 1. The van der Waals surface area contributed by atoms with Crippen molar-refractivity contribution in [2.45, 2.75) is 193 Å². The third-order valence-electron chi connectivity index (χ3n) is 16.1. The molecule has 0 aromatic heterocycles. The number of rotatable bonds is 10. The van der Waals surface area contributed by atoms with Gasteiger partial charge >= 0.3 is 5.97 Å². The third kappa shape index (κ3) is 16.2. The average molecular weight is 1030 g/mol. The van der Waals surface area contributed by atoms with Crippen molar-refractivity contribution < 1.29 is 67.7 Å². The quantitative estimate of drug-likeness (QED) is 0.116. The zero-order chi connectivity index (χ0) is 54.3. The highest BCUT2D eigenvalue weighted by molar-refractivity contribution is 6.39. The van der Waals surface area contributed by atoms with Gasteiger partial charge in [0, 0.05) is 58.5 Å². The van der Waals surface area contributed by atoms with Crippen molar-refractivity contribution in [2.75, 3.05) is 27.9 Å². The Balaban J connectivity index is 1.43. The number of aliphatic hydroxyl groups is 3. The number of carbonyl (C=O) groups excluding carboxylic acids is 5. The van der Waals surface area contributed by atoms with E-state index >= 15 is 0 Å². The summed E-state index contributed by atoms with van der Waals surface area (Å²) in [6, 6.07) is 6.46. The first-order chi connectivity index (χ1) is 35.2. The Labute approximate surface area is 440 Å². The lowest BCUT2D eigenvalue weighted by Gasteiger charge is -2.42. The number of ether oxygens (including phenoxy) is 6. The first-order valence-corrected chi connectivity index (χ1v) is 27.0. The van der Waals surface area contributed by atoms with Crippen LogP contribution in [-0.4, -0.2) is 132 Å². The number of hydrogen-bond donors (Lipinski definition) is 3. The van der Waals surface area contributed by atoms with E-state index < -0.39 is 77.8 Å². The Morgan fingerprint density at radius 3 is 2.20 bits per heavy atom. The lowest BCUT2D eigenvalue weighted by atomic mass is 9.78. The molecular weight excluding hydrogens is 947 g/mol. The molecule has 0 spiro atoms. The summed E-state index contributed by atoms with van der Waals surface area (Å²) in [6.45, 7) is 13.2. The summed E-state index contributed by atoms with van der Waals surface area (Å²) in [4.78, 5) is 72.6. The van der Waals surface area contributed by atoms with E-state index in [1.807, 2.05) is 82.3 Å². The van der Waals surface area contributed by atoms with Crippen LogP contribution in [0.15, 0.2) is 71.9 Å². The molecule has 15 nitrogen and oxygen atoms in total. The smallest absolute Gasteiger partial charge is 0.329 e. The van der Waals surface area contributed by atoms with Crippen molar-refractivity contribution in [3.05, 3.63) is 83.0 Å². The maximum absolute atomic E-state index is 14.6. The van der Waals surface area contributed by atoms with Crippen molar-refractivity contribution >= 4 is 29.2 Å². The molecule has 3 aliphatic heterocycles. The van der Waals surface area contributed by atoms with E-state index in [2.05, 4.69) is 0 Å². The van der Waals surface area contributed by atoms with Crippen LogP contribution in [0.5, 0.6) is 0 Å². The Kier molecular flexibility index (Phi) is 23.6. The summed E-state index contributed by atoms with van der Waals surface area (Å²) in [5.74, 6) is -7.99. The second-order valence-electron chi connectivity index (χ2n) is 21.8. The van der Waals surface area contributed by atoms with Crippen LogP contribution in [0.2, 0.25) is 0 Å². The fourth-order valence-corrected chi connectivity index (χ4v) is 11.2. The molecule has 1 amide bonds. The number of amides is 1. The molecule has 4 aliphatic rings. The second-order valence-corrected chi connectivity index (χ2v) is 21.8. The van der Waals surface area contributed by atoms with Crippen LogP contribution in [0.3, 0.4) is 0 Å². The third-order valence-corrected chi connectivity index (χ3v) is 16.1. The number of methoxy groups -OCH3 is 3. The molecule has 3 fully saturated rings. The number of esters is 1. The lowest BCUT2D eigenvalue weighted by Crippen LogP contribution is -2.61. The minimum absolute atomic E-state index is 0.0120. The minimum Gasteiger partial charge on any atom is -0.460 e. The second kappa shape index (κ2) is 28.8. The molecule has 0 unspecified atom stereocenters. The zero-order valence-electron chi connectivity index (χ0n) is 45.7. The van der Waals surface area contributed by atoms with E-state index in [4.69, 9.17) is 28.4 Å². The van der Waals surface area contributed by atoms with Crippen molar-refractivity contribution in [3.63, 3.8) is 0 Å². The molecule has 1 saturated carbocycles. The monoisotopic (exact) mass is 1030 g/mol. The molecule has 2 bridgehead atoms.